The maximum Gasteiger partial charge on any atom is 0.231 e. The van der Waals surface area contributed by atoms with Crippen molar-refractivity contribution in [2.45, 2.75) is 38.5 Å². The van der Waals surface area contributed by atoms with Crippen molar-refractivity contribution >= 4 is 11.7 Å². The number of aromatic nitrogens is 2. The average molecular weight is 357 g/mol. The second kappa shape index (κ2) is 5.65. The van der Waals surface area contributed by atoms with Gasteiger partial charge in [-0.3, -0.25) is 9.48 Å². The van der Waals surface area contributed by atoms with Crippen LogP contribution in [0.2, 0.25) is 0 Å². The Morgan fingerprint density at radius 1 is 1.31 bits per heavy atom. The molecule has 0 spiro atoms. The average Bonchev–Trinajstić information content (AvgIpc) is 3.17. The van der Waals surface area contributed by atoms with Gasteiger partial charge in [-0.1, -0.05) is 20.8 Å². The molecule has 138 valence electrons. The van der Waals surface area contributed by atoms with E-state index >= 15 is 0 Å². The summed E-state index contributed by atoms with van der Waals surface area (Å²) in [6.07, 6.45) is 0.352. The number of rotatable bonds is 2. The number of hydrogen-bond acceptors (Lipinski definition) is 5. The third-order valence-corrected chi connectivity index (χ3v) is 4.87. The molecule has 0 saturated carbocycles. The van der Waals surface area contributed by atoms with Crippen LogP contribution >= 0.6 is 0 Å². The number of ether oxygens (including phenoxy) is 3. The van der Waals surface area contributed by atoms with Crippen LogP contribution in [0.3, 0.4) is 0 Å². The molecule has 3 heterocycles. The van der Waals surface area contributed by atoms with E-state index in [-0.39, 0.29) is 24.0 Å². The number of hydrogen-bond donors (Lipinski definition) is 1. The summed E-state index contributed by atoms with van der Waals surface area (Å²) < 4.78 is 18.3. The Bertz CT molecular complexity index is 895. The van der Waals surface area contributed by atoms with Gasteiger partial charge in [-0.05, 0) is 17.7 Å². The molecule has 2 aliphatic rings. The fraction of sp³-hybridized carbons (Fsp3) is 0.474. The smallest absolute Gasteiger partial charge is 0.231 e. The van der Waals surface area contributed by atoms with Crippen LogP contribution in [0.5, 0.6) is 17.2 Å². The highest BCUT2D eigenvalue weighted by Gasteiger charge is 2.37. The van der Waals surface area contributed by atoms with Crippen LogP contribution in [0.1, 0.15) is 49.9 Å². The lowest BCUT2D eigenvalue weighted by molar-refractivity contribution is -0.116. The number of methoxy groups -OCH3 is 1. The number of fused-ring (bicyclic) bond motifs is 2. The monoisotopic (exact) mass is 357 g/mol. The van der Waals surface area contributed by atoms with Crippen LogP contribution < -0.4 is 19.5 Å². The first kappa shape index (κ1) is 16.8. The number of anilines is 1. The fourth-order valence-corrected chi connectivity index (χ4v) is 3.68. The molecule has 26 heavy (non-hydrogen) atoms. The van der Waals surface area contributed by atoms with E-state index in [4.69, 9.17) is 19.3 Å². The minimum Gasteiger partial charge on any atom is -0.493 e. The largest absolute Gasteiger partial charge is 0.493 e. The van der Waals surface area contributed by atoms with E-state index in [0.717, 1.165) is 22.6 Å². The summed E-state index contributed by atoms with van der Waals surface area (Å²) in [7, 11) is 3.46. The minimum atomic E-state index is -0.147. The van der Waals surface area contributed by atoms with Gasteiger partial charge in [0.1, 0.15) is 5.82 Å². The first-order valence-corrected chi connectivity index (χ1v) is 8.64. The predicted molar refractivity (Wildman–Crippen MR) is 96.1 cm³/mol. The Morgan fingerprint density at radius 2 is 2.08 bits per heavy atom. The molecule has 2 aromatic rings. The Hall–Kier alpha value is -2.70. The lowest BCUT2D eigenvalue weighted by Crippen LogP contribution is -2.26. The van der Waals surface area contributed by atoms with Crippen molar-refractivity contribution in [1.82, 2.24) is 9.78 Å². The van der Waals surface area contributed by atoms with Crippen molar-refractivity contribution in [3.05, 3.63) is 29.0 Å². The van der Waals surface area contributed by atoms with E-state index in [0.29, 0.717) is 23.7 Å². The highest BCUT2D eigenvalue weighted by molar-refractivity contribution is 5.94. The fourth-order valence-electron chi connectivity index (χ4n) is 3.68. The quantitative estimate of drug-likeness (QED) is 0.894. The summed E-state index contributed by atoms with van der Waals surface area (Å²) in [6, 6.07) is 3.87. The lowest BCUT2D eigenvalue weighted by Gasteiger charge is -2.27. The number of amides is 1. The van der Waals surface area contributed by atoms with Gasteiger partial charge >= 0.3 is 0 Å². The number of carbonyl (C=O) groups is 1. The summed E-state index contributed by atoms with van der Waals surface area (Å²) in [4.78, 5) is 12.4. The van der Waals surface area contributed by atoms with Crippen molar-refractivity contribution in [3.63, 3.8) is 0 Å². The maximum atomic E-state index is 12.4. The molecule has 7 heteroatoms. The number of carbonyl (C=O) groups excluding carboxylic acids is 1. The van der Waals surface area contributed by atoms with Gasteiger partial charge in [0.15, 0.2) is 11.5 Å². The Morgan fingerprint density at radius 3 is 2.77 bits per heavy atom. The highest BCUT2D eigenvalue weighted by atomic mass is 16.7. The summed E-state index contributed by atoms with van der Waals surface area (Å²) in [5.74, 6) is 2.48. The molecule has 0 fully saturated rings. The molecular formula is C19H23N3O4. The van der Waals surface area contributed by atoms with Crippen LogP contribution in [-0.4, -0.2) is 29.6 Å². The van der Waals surface area contributed by atoms with E-state index in [1.165, 1.54) is 0 Å². The number of aryl methyl sites for hydroxylation is 1. The molecule has 1 aromatic heterocycles. The second-order valence-corrected chi connectivity index (χ2v) is 7.75. The van der Waals surface area contributed by atoms with Crippen LogP contribution in [-0.2, 0) is 17.3 Å². The molecule has 0 bridgehead atoms. The first-order valence-electron chi connectivity index (χ1n) is 8.64. The van der Waals surface area contributed by atoms with Crippen molar-refractivity contribution in [1.29, 1.82) is 0 Å². The minimum absolute atomic E-state index is 0.0254. The molecule has 0 unspecified atom stereocenters. The van der Waals surface area contributed by atoms with Gasteiger partial charge in [0, 0.05) is 30.4 Å². The van der Waals surface area contributed by atoms with Gasteiger partial charge < -0.3 is 19.5 Å². The zero-order valence-corrected chi connectivity index (χ0v) is 15.7. The number of nitrogens with zero attached hydrogens (tertiary/aromatic N) is 2. The van der Waals surface area contributed by atoms with Gasteiger partial charge in [0.25, 0.3) is 0 Å². The molecule has 4 rings (SSSR count). The predicted octanol–water partition coefficient (Wildman–Crippen LogP) is 2.93. The zero-order chi connectivity index (χ0) is 18.6. The zero-order valence-electron chi connectivity index (χ0n) is 15.7. The lowest BCUT2D eigenvalue weighted by atomic mass is 9.79. The van der Waals surface area contributed by atoms with E-state index in [9.17, 15) is 4.79 Å². The second-order valence-electron chi connectivity index (χ2n) is 7.75. The molecule has 0 radical (unpaired) electrons. The maximum absolute atomic E-state index is 12.4. The van der Waals surface area contributed by atoms with Crippen molar-refractivity contribution < 1.29 is 19.0 Å². The van der Waals surface area contributed by atoms with Gasteiger partial charge in [-0.25, -0.2) is 0 Å². The third kappa shape index (κ3) is 2.50. The molecule has 1 amide bonds. The Kier molecular flexibility index (Phi) is 3.64. The summed E-state index contributed by atoms with van der Waals surface area (Å²) >= 11 is 0. The molecule has 0 aliphatic carbocycles. The molecule has 2 aliphatic heterocycles. The van der Waals surface area contributed by atoms with Crippen LogP contribution in [0.25, 0.3) is 0 Å². The molecular weight excluding hydrogens is 334 g/mol. The Balaban J connectivity index is 1.91. The number of benzene rings is 1. The standard InChI is InChI=1S/C19H23N3O4/c1-19(2,3)17-15-11(8-14(23)20-18(15)22(4)21-17)10-6-12(24-5)16-13(7-10)25-9-26-16/h6-7,11H,8-9H2,1-5H3,(H,20,23)/t11-/m1/s1. The normalized spacial score (nSPS) is 18.5. The summed E-state index contributed by atoms with van der Waals surface area (Å²) in [5.41, 5.74) is 2.85. The summed E-state index contributed by atoms with van der Waals surface area (Å²) in [6.45, 7) is 6.56. The molecule has 7 nitrogen and oxygen atoms in total. The highest BCUT2D eigenvalue weighted by Crippen LogP contribution is 2.48. The molecule has 1 N–H and O–H groups in total. The van der Waals surface area contributed by atoms with Crippen molar-refractivity contribution in [2.24, 2.45) is 7.05 Å². The van der Waals surface area contributed by atoms with E-state index in [1.54, 1.807) is 11.8 Å². The SMILES string of the molecule is COc1cc([C@H]2CC(=O)Nc3c2c(C(C)(C)C)nn3C)cc2c1OCO2. The van der Waals surface area contributed by atoms with E-state index in [1.807, 2.05) is 19.2 Å². The third-order valence-electron chi connectivity index (χ3n) is 4.87. The molecule has 1 aromatic carbocycles. The van der Waals surface area contributed by atoms with Crippen LogP contribution in [0.15, 0.2) is 12.1 Å². The van der Waals surface area contributed by atoms with Gasteiger partial charge in [-0.15, -0.1) is 0 Å². The van der Waals surface area contributed by atoms with Gasteiger partial charge in [-0.2, -0.15) is 5.10 Å². The van der Waals surface area contributed by atoms with E-state index in [2.05, 4.69) is 26.1 Å². The molecule has 1 atom stereocenters. The van der Waals surface area contributed by atoms with Gasteiger partial charge in [0.2, 0.25) is 18.4 Å². The van der Waals surface area contributed by atoms with E-state index < -0.39 is 0 Å². The summed E-state index contributed by atoms with van der Waals surface area (Å²) in [5, 5.41) is 7.68. The van der Waals surface area contributed by atoms with Crippen LogP contribution in [0, 0.1) is 0 Å². The molecule has 0 saturated heterocycles. The van der Waals surface area contributed by atoms with Crippen molar-refractivity contribution in [2.75, 3.05) is 19.2 Å². The first-order chi connectivity index (χ1) is 12.3. The Labute approximate surface area is 152 Å². The van der Waals surface area contributed by atoms with Crippen molar-refractivity contribution in [3.8, 4) is 17.2 Å². The van der Waals surface area contributed by atoms with Crippen LogP contribution in [0.4, 0.5) is 5.82 Å². The topological polar surface area (TPSA) is 74.6 Å². The van der Waals surface area contributed by atoms with Gasteiger partial charge in [0.05, 0.1) is 12.8 Å². The number of nitrogens with one attached hydrogen (secondary N) is 1.